The Balaban J connectivity index is 1.91. The van der Waals surface area contributed by atoms with Crippen molar-refractivity contribution < 1.29 is 0 Å². The molecule has 2 rings (SSSR count). The van der Waals surface area contributed by atoms with Gasteiger partial charge in [0.1, 0.15) is 0 Å². The Bertz CT molecular complexity index is 356. The molecule has 1 aliphatic rings. The van der Waals surface area contributed by atoms with E-state index in [2.05, 4.69) is 13.0 Å². The number of halogens is 1. The molecule has 1 aromatic carbocycles. The van der Waals surface area contributed by atoms with Gasteiger partial charge in [0.05, 0.1) is 0 Å². The number of rotatable bonds is 3. The second-order valence-electron chi connectivity index (χ2n) is 4.54. The predicted octanol–water partition coefficient (Wildman–Crippen LogP) is 3.70. The zero-order valence-electron chi connectivity index (χ0n) is 9.53. The molecule has 0 saturated heterocycles. The van der Waals surface area contributed by atoms with Crippen molar-refractivity contribution in [2.45, 2.75) is 36.8 Å². The molecule has 3 atom stereocenters. The number of thioether (sulfide) groups is 1. The van der Waals surface area contributed by atoms with Crippen LogP contribution in [0.1, 0.15) is 25.3 Å². The van der Waals surface area contributed by atoms with Gasteiger partial charge >= 0.3 is 0 Å². The fourth-order valence-electron chi connectivity index (χ4n) is 2.21. The maximum atomic E-state index is 6.14. The van der Waals surface area contributed by atoms with Crippen LogP contribution in [0.25, 0.3) is 0 Å². The van der Waals surface area contributed by atoms with Gasteiger partial charge in [0.15, 0.2) is 0 Å². The zero-order chi connectivity index (χ0) is 11.5. The van der Waals surface area contributed by atoms with E-state index in [4.69, 9.17) is 17.3 Å². The van der Waals surface area contributed by atoms with E-state index in [9.17, 15) is 0 Å². The molecular weight excluding hydrogens is 238 g/mol. The Morgan fingerprint density at radius 1 is 1.38 bits per heavy atom. The van der Waals surface area contributed by atoms with Crippen molar-refractivity contribution in [3.8, 4) is 0 Å². The summed E-state index contributed by atoms with van der Waals surface area (Å²) in [4.78, 5) is 0. The minimum absolute atomic E-state index is 0.392. The van der Waals surface area contributed by atoms with Gasteiger partial charge in [-0.25, -0.2) is 0 Å². The van der Waals surface area contributed by atoms with E-state index in [1.807, 2.05) is 30.0 Å². The van der Waals surface area contributed by atoms with Crippen molar-refractivity contribution in [2.24, 2.45) is 11.7 Å². The second kappa shape index (κ2) is 5.44. The van der Waals surface area contributed by atoms with Gasteiger partial charge in [0.2, 0.25) is 0 Å². The van der Waals surface area contributed by atoms with E-state index in [-0.39, 0.29) is 0 Å². The molecule has 3 heteroatoms. The molecule has 0 aromatic heterocycles. The molecule has 16 heavy (non-hydrogen) atoms. The first-order chi connectivity index (χ1) is 7.68. The standard InChI is InChI=1S/C13H18ClNS/c1-9-12(15)6-7-13(9)16-8-10-4-2-3-5-11(10)14/h2-5,9,12-13H,6-8,15H2,1H3. The molecule has 1 nitrogen and oxygen atoms in total. The minimum Gasteiger partial charge on any atom is -0.327 e. The summed E-state index contributed by atoms with van der Waals surface area (Å²) in [6.07, 6.45) is 2.42. The minimum atomic E-state index is 0.392. The Morgan fingerprint density at radius 3 is 2.75 bits per heavy atom. The van der Waals surface area contributed by atoms with Gasteiger partial charge in [0, 0.05) is 22.1 Å². The lowest BCUT2D eigenvalue weighted by molar-refractivity contribution is 0.535. The molecule has 1 aliphatic carbocycles. The van der Waals surface area contributed by atoms with E-state index >= 15 is 0 Å². The fraction of sp³-hybridized carbons (Fsp3) is 0.538. The molecule has 3 unspecified atom stereocenters. The molecule has 0 spiro atoms. The lowest BCUT2D eigenvalue weighted by atomic mass is 10.1. The Labute approximate surface area is 107 Å². The predicted molar refractivity (Wildman–Crippen MR) is 72.9 cm³/mol. The van der Waals surface area contributed by atoms with Crippen LogP contribution in [-0.4, -0.2) is 11.3 Å². The topological polar surface area (TPSA) is 26.0 Å². The maximum Gasteiger partial charge on any atom is 0.0446 e. The van der Waals surface area contributed by atoms with Crippen molar-refractivity contribution in [3.63, 3.8) is 0 Å². The average Bonchev–Trinajstić information content (AvgIpc) is 2.59. The number of hydrogen-bond acceptors (Lipinski definition) is 2. The Morgan fingerprint density at radius 2 is 2.12 bits per heavy atom. The highest BCUT2D eigenvalue weighted by atomic mass is 35.5. The van der Waals surface area contributed by atoms with Gasteiger partial charge < -0.3 is 5.73 Å². The number of hydrogen-bond donors (Lipinski definition) is 1. The van der Waals surface area contributed by atoms with E-state index < -0.39 is 0 Å². The Hall–Kier alpha value is -0.180. The van der Waals surface area contributed by atoms with E-state index in [0.717, 1.165) is 10.8 Å². The van der Waals surface area contributed by atoms with Gasteiger partial charge in [-0.1, -0.05) is 36.7 Å². The van der Waals surface area contributed by atoms with Crippen LogP contribution >= 0.6 is 23.4 Å². The fourth-order valence-corrected chi connectivity index (χ4v) is 3.94. The smallest absolute Gasteiger partial charge is 0.0446 e. The van der Waals surface area contributed by atoms with Crippen molar-refractivity contribution >= 4 is 23.4 Å². The summed E-state index contributed by atoms with van der Waals surface area (Å²) in [5.74, 6) is 1.63. The number of nitrogens with two attached hydrogens (primary N) is 1. The van der Waals surface area contributed by atoms with Crippen LogP contribution in [0.2, 0.25) is 5.02 Å². The summed E-state index contributed by atoms with van der Waals surface area (Å²) >= 11 is 8.14. The molecule has 1 aromatic rings. The summed E-state index contributed by atoms with van der Waals surface area (Å²) in [6.45, 7) is 2.27. The lowest BCUT2D eigenvalue weighted by Crippen LogP contribution is -2.26. The lowest BCUT2D eigenvalue weighted by Gasteiger charge is -2.17. The van der Waals surface area contributed by atoms with Gasteiger partial charge in [0.25, 0.3) is 0 Å². The summed E-state index contributed by atoms with van der Waals surface area (Å²) < 4.78 is 0. The largest absolute Gasteiger partial charge is 0.327 e. The summed E-state index contributed by atoms with van der Waals surface area (Å²) in [5, 5.41) is 1.58. The molecule has 0 heterocycles. The first-order valence-corrected chi connectivity index (χ1v) is 7.21. The normalized spacial score (nSPS) is 29.6. The van der Waals surface area contributed by atoms with Gasteiger partial charge in [-0.3, -0.25) is 0 Å². The van der Waals surface area contributed by atoms with Crippen molar-refractivity contribution in [2.75, 3.05) is 0 Å². The SMILES string of the molecule is CC1C(N)CCC1SCc1ccccc1Cl. The molecule has 0 bridgehead atoms. The van der Waals surface area contributed by atoms with Crippen LogP contribution < -0.4 is 5.73 Å². The van der Waals surface area contributed by atoms with Crippen LogP contribution in [0.15, 0.2) is 24.3 Å². The molecule has 2 N–H and O–H groups in total. The van der Waals surface area contributed by atoms with E-state index in [0.29, 0.717) is 17.2 Å². The van der Waals surface area contributed by atoms with Crippen molar-refractivity contribution in [3.05, 3.63) is 34.9 Å². The highest BCUT2D eigenvalue weighted by molar-refractivity contribution is 7.99. The molecule has 88 valence electrons. The van der Waals surface area contributed by atoms with Crippen molar-refractivity contribution in [1.29, 1.82) is 0 Å². The van der Waals surface area contributed by atoms with Crippen LogP contribution in [0.4, 0.5) is 0 Å². The van der Waals surface area contributed by atoms with Crippen LogP contribution in [-0.2, 0) is 5.75 Å². The van der Waals surface area contributed by atoms with Crippen LogP contribution in [0.5, 0.6) is 0 Å². The van der Waals surface area contributed by atoms with Gasteiger partial charge in [-0.2, -0.15) is 11.8 Å². The number of benzene rings is 1. The van der Waals surface area contributed by atoms with Gasteiger partial charge in [-0.05, 0) is 30.4 Å². The molecule has 0 aliphatic heterocycles. The first-order valence-electron chi connectivity index (χ1n) is 5.79. The third-order valence-corrected chi connectivity index (χ3v) is 5.40. The average molecular weight is 256 g/mol. The molecule has 0 radical (unpaired) electrons. The molecule has 1 saturated carbocycles. The monoisotopic (exact) mass is 255 g/mol. The quantitative estimate of drug-likeness (QED) is 0.891. The van der Waals surface area contributed by atoms with Crippen molar-refractivity contribution in [1.82, 2.24) is 0 Å². The van der Waals surface area contributed by atoms with Crippen LogP contribution in [0.3, 0.4) is 0 Å². The highest BCUT2D eigenvalue weighted by Crippen LogP contribution is 2.36. The summed E-state index contributed by atoms with van der Waals surface area (Å²) in [5.41, 5.74) is 7.27. The maximum absolute atomic E-state index is 6.14. The summed E-state index contributed by atoms with van der Waals surface area (Å²) in [7, 11) is 0. The molecule has 0 amide bonds. The zero-order valence-corrected chi connectivity index (χ0v) is 11.1. The van der Waals surface area contributed by atoms with Gasteiger partial charge in [-0.15, -0.1) is 0 Å². The third kappa shape index (κ3) is 2.73. The highest BCUT2D eigenvalue weighted by Gasteiger charge is 2.30. The second-order valence-corrected chi connectivity index (χ2v) is 6.18. The van der Waals surface area contributed by atoms with E-state index in [1.165, 1.54) is 18.4 Å². The van der Waals surface area contributed by atoms with Crippen LogP contribution in [0, 0.1) is 5.92 Å². The third-order valence-electron chi connectivity index (χ3n) is 3.46. The molecule has 1 fully saturated rings. The Kier molecular flexibility index (Phi) is 4.17. The van der Waals surface area contributed by atoms with E-state index in [1.54, 1.807) is 0 Å². The molecular formula is C13H18ClNS. The first kappa shape index (κ1) is 12.3. The summed E-state index contributed by atoms with van der Waals surface area (Å²) in [6, 6.07) is 8.48.